The monoisotopic (exact) mass is 414 g/mol. The van der Waals surface area contributed by atoms with Gasteiger partial charge in [0.05, 0.1) is 12.8 Å². The molecule has 2 aromatic rings. The highest BCUT2D eigenvalue weighted by molar-refractivity contribution is 14.1. The average molecular weight is 414 g/mol. The number of hydrazone groups is 1. The van der Waals surface area contributed by atoms with Crippen LogP contribution in [-0.2, 0) is 4.79 Å². The van der Waals surface area contributed by atoms with Gasteiger partial charge in [0.1, 0.15) is 17.3 Å². The highest BCUT2D eigenvalue weighted by Gasteiger charge is 2.02. The van der Waals surface area contributed by atoms with E-state index in [2.05, 4.69) is 10.5 Å². The Morgan fingerprint density at radius 1 is 1.23 bits per heavy atom. The van der Waals surface area contributed by atoms with E-state index < -0.39 is 0 Å². The number of nitrogens with one attached hydrogen (secondary N) is 1. The van der Waals surface area contributed by atoms with Crippen molar-refractivity contribution in [2.75, 3.05) is 13.2 Å². The lowest BCUT2D eigenvalue weighted by Gasteiger charge is -2.06. The summed E-state index contributed by atoms with van der Waals surface area (Å²) < 4.78 is 16.7. The van der Waals surface area contributed by atoms with Crippen molar-refractivity contribution >= 4 is 34.7 Å². The van der Waals surface area contributed by atoms with Crippen molar-refractivity contribution < 1.29 is 18.7 Å². The van der Waals surface area contributed by atoms with E-state index in [9.17, 15) is 4.79 Å². The first kappa shape index (κ1) is 16.3. The summed E-state index contributed by atoms with van der Waals surface area (Å²) in [5, 5.41) is 3.78. The number of halogens is 1. The van der Waals surface area contributed by atoms with E-state index in [1.54, 1.807) is 36.4 Å². The minimum atomic E-state index is -0.355. The molecule has 6 nitrogen and oxygen atoms in total. The molecule has 0 unspecified atom stereocenters. The van der Waals surface area contributed by atoms with Crippen LogP contribution in [0.5, 0.6) is 11.5 Å². The summed E-state index contributed by atoms with van der Waals surface area (Å²) in [6.45, 7) is 2.40. The van der Waals surface area contributed by atoms with Crippen LogP contribution in [0.4, 0.5) is 0 Å². The molecule has 22 heavy (non-hydrogen) atoms. The molecule has 0 spiro atoms. The number of ether oxygens (including phenoxy) is 2. The molecule has 0 atom stereocenters. The summed E-state index contributed by atoms with van der Waals surface area (Å²) in [4.78, 5) is 11.6. The minimum absolute atomic E-state index is 0.124. The molecule has 2 rings (SSSR count). The SMILES string of the molecule is CCOc1ccc(OCC(=O)N/N=C/c2ccc(I)o2)cc1. The van der Waals surface area contributed by atoms with Gasteiger partial charge in [-0.15, -0.1) is 0 Å². The van der Waals surface area contributed by atoms with Crippen LogP contribution in [-0.4, -0.2) is 25.3 Å². The van der Waals surface area contributed by atoms with Crippen LogP contribution in [0.25, 0.3) is 0 Å². The normalized spacial score (nSPS) is 10.6. The number of nitrogens with zero attached hydrogens (tertiary/aromatic N) is 1. The van der Waals surface area contributed by atoms with Gasteiger partial charge >= 0.3 is 0 Å². The van der Waals surface area contributed by atoms with Crippen molar-refractivity contribution in [2.45, 2.75) is 6.92 Å². The predicted octanol–water partition coefficient (Wildman–Crippen LogP) is 2.81. The molecule has 0 radical (unpaired) electrons. The molecule has 0 saturated heterocycles. The van der Waals surface area contributed by atoms with Gasteiger partial charge in [-0.05, 0) is 65.9 Å². The van der Waals surface area contributed by atoms with Crippen molar-refractivity contribution in [3.8, 4) is 11.5 Å². The van der Waals surface area contributed by atoms with E-state index in [0.29, 0.717) is 18.1 Å². The van der Waals surface area contributed by atoms with Gasteiger partial charge in [0.2, 0.25) is 0 Å². The maximum Gasteiger partial charge on any atom is 0.277 e. The third-order valence-electron chi connectivity index (χ3n) is 2.48. The molecule has 0 aliphatic rings. The number of hydrogen-bond donors (Lipinski definition) is 1. The van der Waals surface area contributed by atoms with Crippen molar-refractivity contribution in [1.82, 2.24) is 5.43 Å². The van der Waals surface area contributed by atoms with Crippen molar-refractivity contribution in [1.29, 1.82) is 0 Å². The first-order valence-corrected chi connectivity index (χ1v) is 7.68. The Balaban J connectivity index is 1.74. The highest BCUT2D eigenvalue weighted by Crippen LogP contribution is 2.17. The molecule has 0 aliphatic heterocycles. The summed E-state index contributed by atoms with van der Waals surface area (Å²) in [6, 6.07) is 10.6. The maximum atomic E-state index is 11.6. The summed E-state index contributed by atoms with van der Waals surface area (Å²) >= 11 is 2.05. The molecule has 1 amide bonds. The third kappa shape index (κ3) is 5.40. The zero-order chi connectivity index (χ0) is 15.8. The molecule has 1 N–H and O–H groups in total. The minimum Gasteiger partial charge on any atom is -0.494 e. The number of hydrogen-bond acceptors (Lipinski definition) is 5. The lowest BCUT2D eigenvalue weighted by atomic mass is 10.3. The van der Waals surface area contributed by atoms with Crippen LogP contribution < -0.4 is 14.9 Å². The Morgan fingerprint density at radius 3 is 2.50 bits per heavy atom. The summed E-state index contributed by atoms with van der Waals surface area (Å²) in [6.07, 6.45) is 1.43. The van der Waals surface area contributed by atoms with Crippen molar-refractivity contribution in [2.24, 2.45) is 5.10 Å². The fraction of sp³-hybridized carbons (Fsp3) is 0.200. The zero-order valence-electron chi connectivity index (χ0n) is 11.9. The van der Waals surface area contributed by atoms with Gasteiger partial charge in [0, 0.05) is 0 Å². The van der Waals surface area contributed by atoms with Crippen LogP contribution in [0.1, 0.15) is 12.7 Å². The molecule has 1 aromatic heterocycles. The number of furan rings is 1. The smallest absolute Gasteiger partial charge is 0.277 e. The molecule has 0 bridgehead atoms. The van der Waals surface area contributed by atoms with Crippen LogP contribution >= 0.6 is 22.6 Å². The lowest BCUT2D eigenvalue weighted by molar-refractivity contribution is -0.123. The molecular formula is C15H15IN2O4. The largest absolute Gasteiger partial charge is 0.494 e. The average Bonchev–Trinajstić information content (AvgIpc) is 2.92. The number of rotatable bonds is 7. The molecular weight excluding hydrogens is 399 g/mol. The Labute approximate surface area is 141 Å². The fourth-order valence-corrected chi connectivity index (χ4v) is 1.98. The molecule has 1 heterocycles. The number of carbonyl (C=O) groups is 1. The van der Waals surface area contributed by atoms with Crippen molar-refractivity contribution in [3.63, 3.8) is 0 Å². The van der Waals surface area contributed by atoms with E-state index in [-0.39, 0.29) is 12.5 Å². The van der Waals surface area contributed by atoms with E-state index >= 15 is 0 Å². The Kier molecular flexibility index (Phi) is 6.26. The van der Waals surface area contributed by atoms with Gasteiger partial charge in [-0.25, -0.2) is 5.43 Å². The first-order chi connectivity index (χ1) is 10.7. The summed E-state index contributed by atoms with van der Waals surface area (Å²) in [5.41, 5.74) is 2.36. The predicted molar refractivity (Wildman–Crippen MR) is 90.3 cm³/mol. The van der Waals surface area contributed by atoms with Gasteiger partial charge in [-0.2, -0.15) is 5.10 Å². The second kappa shape index (κ2) is 8.42. The molecule has 7 heteroatoms. The lowest BCUT2D eigenvalue weighted by Crippen LogP contribution is -2.24. The zero-order valence-corrected chi connectivity index (χ0v) is 14.1. The van der Waals surface area contributed by atoms with Gasteiger partial charge < -0.3 is 13.9 Å². The van der Waals surface area contributed by atoms with Crippen molar-refractivity contribution in [3.05, 3.63) is 45.9 Å². The van der Waals surface area contributed by atoms with E-state index in [1.165, 1.54) is 6.21 Å². The number of benzene rings is 1. The topological polar surface area (TPSA) is 73.1 Å². The van der Waals surface area contributed by atoms with E-state index in [1.807, 2.05) is 29.5 Å². The third-order valence-corrected chi connectivity index (χ3v) is 3.06. The van der Waals surface area contributed by atoms with Gasteiger partial charge in [0.25, 0.3) is 5.91 Å². The summed E-state index contributed by atoms with van der Waals surface area (Å²) in [7, 11) is 0. The van der Waals surface area contributed by atoms with Crippen LogP contribution in [0, 0.1) is 3.77 Å². The number of amides is 1. The van der Waals surface area contributed by atoms with Gasteiger partial charge in [0.15, 0.2) is 10.4 Å². The number of carbonyl (C=O) groups excluding carboxylic acids is 1. The molecule has 0 aliphatic carbocycles. The highest BCUT2D eigenvalue weighted by atomic mass is 127. The Bertz CT molecular complexity index is 637. The standard InChI is InChI=1S/C15H15IN2O4/c1-2-20-11-3-5-12(6-4-11)21-10-15(19)18-17-9-13-7-8-14(16)22-13/h3-9H,2,10H2,1H3,(H,18,19)/b17-9+. The Morgan fingerprint density at radius 2 is 1.91 bits per heavy atom. The second-order valence-corrected chi connectivity index (χ2v) is 5.19. The van der Waals surface area contributed by atoms with Crippen LogP contribution in [0.3, 0.4) is 0 Å². The first-order valence-electron chi connectivity index (χ1n) is 6.60. The molecule has 1 aromatic carbocycles. The maximum absolute atomic E-state index is 11.6. The van der Waals surface area contributed by atoms with Gasteiger partial charge in [-0.1, -0.05) is 0 Å². The quantitative estimate of drug-likeness (QED) is 0.430. The second-order valence-electron chi connectivity index (χ2n) is 4.13. The summed E-state index contributed by atoms with van der Waals surface area (Å²) in [5.74, 6) is 1.56. The van der Waals surface area contributed by atoms with Crippen LogP contribution in [0.15, 0.2) is 45.9 Å². The van der Waals surface area contributed by atoms with E-state index in [0.717, 1.165) is 9.52 Å². The van der Waals surface area contributed by atoms with Gasteiger partial charge in [-0.3, -0.25) is 4.79 Å². The molecule has 0 saturated carbocycles. The molecule has 0 fully saturated rings. The van der Waals surface area contributed by atoms with Crippen LogP contribution in [0.2, 0.25) is 0 Å². The molecule has 116 valence electrons. The fourth-order valence-electron chi connectivity index (χ4n) is 1.55. The van der Waals surface area contributed by atoms with E-state index in [4.69, 9.17) is 13.9 Å². The Hall–Kier alpha value is -2.03.